The molecular weight excluding hydrogens is 402 g/mol. The Kier molecular flexibility index (Phi) is 6.44. The van der Waals surface area contributed by atoms with Crippen LogP contribution < -0.4 is 10.6 Å². The molecular formula is C26H29N3O3. The molecule has 0 amide bonds. The summed E-state index contributed by atoms with van der Waals surface area (Å²) < 4.78 is 5.44. The summed E-state index contributed by atoms with van der Waals surface area (Å²) in [6.07, 6.45) is 0. The van der Waals surface area contributed by atoms with Gasteiger partial charge in [-0.15, -0.1) is 0 Å². The molecule has 1 saturated heterocycles. The summed E-state index contributed by atoms with van der Waals surface area (Å²) in [6, 6.07) is 20.3. The Labute approximate surface area is 188 Å². The van der Waals surface area contributed by atoms with E-state index in [0.717, 1.165) is 55.1 Å². The van der Waals surface area contributed by atoms with Gasteiger partial charge in [0.25, 0.3) is 0 Å². The number of hydrogen-bond donors (Lipinski definition) is 2. The van der Waals surface area contributed by atoms with Crippen LogP contribution in [0.5, 0.6) is 0 Å². The van der Waals surface area contributed by atoms with E-state index in [2.05, 4.69) is 41.3 Å². The number of nitrogens with zero attached hydrogens (tertiary/aromatic N) is 2. The SMILES string of the molecule is CN(C)c1c(N)cc(-c2ccc(-c3cccc(CN4CCOCC4)c3)cc2)cc1C(=O)O. The molecule has 1 fully saturated rings. The second-order valence-corrected chi connectivity index (χ2v) is 8.33. The zero-order valence-electron chi connectivity index (χ0n) is 18.5. The third-order valence-electron chi connectivity index (χ3n) is 5.81. The van der Waals surface area contributed by atoms with E-state index >= 15 is 0 Å². The number of carboxylic acid groups (broad SMARTS) is 1. The van der Waals surface area contributed by atoms with Gasteiger partial charge in [0.1, 0.15) is 0 Å². The van der Waals surface area contributed by atoms with E-state index in [0.29, 0.717) is 11.4 Å². The number of nitrogen functional groups attached to an aromatic ring is 1. The van der Waals surface area contributed by atoms with Crippen molar-refractivity contribution in [3.63, 3.8) is 0 Å². The molecule has 1 heterocycles. The highest BCUT2D eigenvalue weighted by Crippen LogP contribution is 2.34. The minimum atomic E-state index is -0.990. The molecule has 3 N–H and O–H groups in total. The van der Waals surface area contributed by atoms with Crippen molar-refractivity contribution >= 4 is 17.3 Å². The van der Waals surface area contributed by atoms with Gasteiger partial charge >= 0.3 is 5.97 Å². The van der Waals surface area contributed by atoms with Crippen LogP contribution in [0.2, 0.25) is 0 Å². The molecule has 0 atom stereocenters. The van der Waals surface area contributed by atoms with E-state index in [9.17, 15) is 9.90 Å². The van der Waals surface area contributed by atoms with E-state index in [1.807, 2.05) is 18.2 Å². The molecule has 0 aliphatic carbocycles. The molecule has 0 saturated carbocycles. The molecule has 0 aromatic heterocycles. The van der Waals surface area contributed by atoms with Gasteiger partial charge in [-0.1, -0.05) is 42.5 Å². The molecule has 1 aliphatic rings. The monoisotopic (exact) mass is 431 g/mol. The number of nitrogens with two attached hydrogens (primary N) is 1. The topological polar surface area (TPSA) is 79.0 Å². The molecule has 6 heteroatoms. The first-order valence-corrected chi connectivity index (χ1v) is 10.8. The zero-order valence-corrected chi connectivity index (χ0v) is 18.5. The molecule has 0 bridgehead atoms. The predicted molar refractivity (Wildman–Crippen MR) is 129 cm³/mol. The largest absolute Gasteiger partial charge is 0.478 e. The first-order valence-electron chi connectivity index (χ1n) is 10.8. The van der Waals surface area contributed by atoms with Crippen LogP contribution in [0.1, 0.15) is 15.9 Å². The van der Waals surface area contributed by atoms with Crippen LogP contribution in [0, 0.1) is 0 Å². The Bertz CT molecular complexity index is 1100. The van der Waals surface area contributed by atoms with Crippen molar-refractivity contribution in [1.29, 1.82) is 0 Å². The van der Waals surface area contributed by atoms with E-state index in [1.54, 1.807) is 25.1 Å². The number of ether oxygens (including phenoxy) is 1. The molecule has 0 unspecified atom stereocenters. The van der Waals surface area contributed by atoms with Gasteiger partial charge in [0, 0.05) is 33.7 Å². The number of anilines is 2. The van der Waals surface area contributed by atoms with Gasteiger partial charge in [0.15, 0.2) is 0 Å². The number of carbonyl (C=O) groups is 1. The lowest BCUT2D eigenvalue weighted by Crippen LogP contribution is -2.35. The summed E-state index contributed by atoms with van der Waals surface area (Å²) >= 11 is 0. The number of aromatic carboxylic acids is 1. The van der Waals surface area contributed by atoms with Gasteiger partial charge in [0.05, 0.1) is 30.2 Å². The zero-order chi connectivity index (χ0) is 22.7. The Hall–Kier alpha value is -3.35. The van der Waals surface area contributed by atoms with Gasteiger partial charge in [0.2, 0.25) is 0 Å². The van der Waals surface area contributed by atoms with Gasteiger partial charge in [-0.25, -0.2) is 4.79 Å². The fourth-order valence-corrected chi connectivity index (χ4v) is 4.21. The summed E-state index contributed by atoms with van der Waals surface area (Å²) in [5.41, 5.74) is 12.7. The van der Waals surface area contributed by atoms with Gasteiger partial charge in [-0.2, -0.15) is 0 Å². The lowest BCUT2D eigenvalue weighted by atomic mass is 9.97. The summed E-state index contributed by atoms with van der Waals surface area (Å²) in [4.78, 5) is 15.9. The van der Waals surface area contributed by atoms with Crippen molar-refractivity contribution < 1.29 is 14.6 Å². The van der Waals surface area contributed by atoms with Crippen molar-refractivity contribution in [2.45, 2.75) is 6.54 Å². The van der Waals surface area contributed by atoms with Crippen LogP contribution in [0.4, 0.5) is 11.4 Å². The number of rotatable bonds is 6. The highest BCUT2D eigenvalue weighted by molar-refractivity contribution is 6.00. The minimum Gasteiger partial charge on any atom is -0.478 e. The maximum atomic E-state index is 11.8. The first-order chi connectivity index (χ1) is 15.4. The van der Waals surface area contributed by atoms with Crippen LogP contribution in [0.3, 0.4) is 0 Å². The molecule has 166 valence electrons. The average Bonchev–Trinajstić information content (AvgIpc) is 2.79. The maximum Gasteiger partial charge on any atom is 0.337 e. The van der Waals surface area contributed by atoms with Crippen LogP contribution in [0.15, 0.2) is 60.7 Å². The standard InChI is InChI=1S/C26H29N3O3/c1-28(2)25-23(26(30)31)15-22(16-24(25)27)20-8-6-19(7-9-20)21-5-3-4-18(14-21)17-29-10-12-32-13-11-29/h3-9,14-16H,10-13,17,27H2,1-2H3,(H,30,31). The van der Waals surface area contributed by atoms with Gasteiger partial charge < -0.3 is 20.5 Å². The molecule has 4 rings (SSSR count). The van der Waals surface area contributed by atoms with Crippen LogP contribution in [-0.4, -0.2) is 56.4 Å². The lowest BCUT2D eigenvalue weighted by Gasteiger charge is -2.26. The second-order valence-electron chi connectivity index (χ2n) is 8.33. The van der Waals surface area contributed by atoms with Gasteiger partial charge in [-0.3, -0.25) is 4.90 Å². The Morgan fingerprint density at radius 1 is 0.969 bits per heavy atom. The highest BCUT2D eigenvalue weighted by atomic mass is 16.5. The molecule has 0 spiro atoms. The van der Waals surface area contributed by atoms with Crippen molar-refractivity contribution in [3.05, 3.63) is 71.8 Å². The van der Waals surface area contributed by atoms with Gasteiger partial charge in [-0.05, 0) is 46.0 Å². The Morgan fingerprint density at radius 3 is 2.25 bits per heavy atom. The highest BCUT2D eigenvalue weighted by Gasteiger charge is 2.17. The van der Waals surface area contributed by atoms with E-state index in [4.69, 9.17) is 10.5 Å². The third-order valence-corrected chi connectivity index (χ3v) is 5.81. The molecule has 0 radical (unpaired) electrons. The van der Waals surface area contributed by atoms with Crippen molar-refractivity contribution in [3.8, 4) is 22.3 Å². The Morgan fingerprint density at radius 2 is 1.62 bits per heavy atom. The summed E-state index contributed by atoms with van der Waals surface area (Å²) in [5.74, 6) is -0.990. The third kappa shape index (κ3) is 4.77. The Balaban J connectivity index is 1.59. The molecule has 32 heavy (non-hydrogen) atoms. The predicted octanol–water partition coefficient (Wildman–Crippen LogP) is 4.20. The summed E-state index contributed by atoms with van der Waals surface area (Å²) in [6.45, 7) is 4.44. The summed E-state index contributed by atoms with van der Waals surface area (Å²) in [7, 11) is 3.58. The quantitative estimate of drug-likeness (QED) is 0.570. The second kappa shape index (κ2) is 9.42. The van der Waals surface area contributed by atoms with Crippen LogP contribution in [-0.2, 0) is 11.3 Å². The average molecular weight is 432 g/mol. The van der Waals surface area contributed by atoms with E-state index < -0.39 is 5.97 Å². The fraction of sp³-hybridized carbons (Fsp3) is 0.269. The number of benzene rings is 3. The van der Waals surface area contributed by atoms with Crippen LogP contribution in [0.25, 0.3) is 22.3 Å². The molecule has 1 aliphatic heterocycles. The normalized spacial score (nSPS) is 14.3. The van der Waals surface area contributed by atoms with Crippen LogP contribution >= 0.6 is 0 Å². The maximum absolute atomic E-state index is 11.8. The van der Waals surface area contributed by atoms with Crippen molar-refractivity contribution in [2.24, 2.45) is 0 Å². The summed E-state index contributed by atoms with van der Waals surface area (Å²) in [5, 5.41) is 9.65. The van der Waals surface area contributed by atoms with Crippen molar-refractivity contribution in [2.75, 3.05) is 51.0 Å². The van der Waals surface area contributed by atoms with E-state index in [1.165, 1.54) is 5.56 Å². The van der Waals surface area contributed by atoms with Crippen molar-refractivity contribution in [1.82, 2.24) is 4.90 Å². The molecule has 3 aromatic carbocycles. The minimum absolute atomic E-state index is 0.199. The number of hydrogen-bond acceptors (Lipinski definition) is 5. The lowest BCUT2D eigenvalue weighted by molar-refractivity contribution is 0.0342. The van der Waals surface area contributed by atoms with E-state index in [-0.39, 0.29) is 5.56 Å². The fourth-order valence-electron chi connectivity index (χ4n) is 4.21. The first kappa shape index (κ1) is 21.9. The molecule has 3 aromatic rings. The number of morpholine rings is 1. The number of carboxylic acids is 1. The molecule has 6 nitrogen and oxygen atoms in total. The smallest absolute Gasteiger partial charge is 0.337 e.